The molecule has 2 rings (SSSR count). The van der Waals surface area contributed by atoms with Gasteiger partial charge in [0.15, 0.2) is 5.75 Å². The lowest BCUT2D eigenvalue weighted by Crippen LogP contribution is -2.10. The quantitative estimate of drug-likeness (QED) is 0.842. The molecule has 0 saturated carbocycles. The Morgan fingerprint density at radius 1 is 1.29 bits per heavy atom. The average molecular weight is 234 g/mol. The summed E-state index contributed by atoms with van der Waals surface area (Å²) in [6, 6.07) is 0. The topological polar surface area (TPSA) is 73.1 Å². The van der Waals surface area contributed by atoms with Crippen LogP contribution in [0.2, 0.25) is 0 Å². The van der Waals surface area contributed by atoms with E-state index in [2.05, 4.69) is 15.1 Å². The molecule has 2 aromatic heterocycles. The monoisotopic (exact) mass is 234 g/mol. The van der Waals surface area contributed by atoms with Gasteiger partial charge in [-0.2, -0.15) is 5.10 Å². The van der Waals surface area contributed by atoms with Crippen LogP contribution in [0.4, 0.5) is 0 Å². The number of hydrogen-bond donors (Lipinski definition) is 1. The van der Waals surface area contributed by atoms with E-state index in [1.807, 2.05) is 6.92 Å². The molecule has 1 atom stereocenters. The van der Waals surface area contributed by atoms with Gasteiger partial charge in [0, 0.05) is 13.2 Å². The molecule has 0 aliphatic heterocycles. The minimum atomic E-state index is -0.898. The van der Waals surface area contributed by atoms with Crippen LogP contribution in [0.1, 0.15) is 23.2 Å². The molecule has 6 heteroatoms. The second kappa shape index (κ2) is 4.50. The molecule has 0 aromatic carbocycles. The van der Waals surface area contributed by atoms with Gasteiger partial charge in [0.1, 0.15) is 11.8 Å². The molecule has 0 amide bonds. The highest BCUT2D eigenvalue weighted by atomic mass is 16.5. The Morgan fingerprint density at radius 3 is 2.65 bits per heavy atom. The Balaban J connectivity index is 2.39. The van der Waals surface area contributed by atoms with E-state index in [4.69, 9.17) is 4.74 Å². The van der Waals surface area contributed by atoms with E-state index in [0.717, 1.165) is 5.69 Å². The molecule has 0 aliphatic carbocycles. The smallest absolute Gasteiger partial charge is 0.163 e. The van der Waals surface area contributed by atoms with Crippen LogP contribution in [-0.2, 0) is 7.05 Å². The van der Waals surface area contributed by atoms with Crippen molar-refractivity contribution in [2.75, 3.05) is 7.11 Å². The third-order valence-corrected chi connectivity index (χ3v) is 2.51. The average Bonchev–Trinajstić information content (AvgIpc) is 2.70. The number of ether oxygens (including phenoxy) is 1. The molecule has 17 heavy (non-hydrogen) atoms. The molecular weight excluding hydrogens is 220 g/mol. The molecule has 0 spiro atoms. The van der Waals surface area contributed by atoms with Crippen LogP contribution in [0.3, 0.4) is 0 Å². The van der Waals surface area contributed by atoms with E-state index in [1.165, 1.54) is 7.11 Å². The van der Waals surface area contributed by atoms with Crippen LogP contribution in [0.5, 0.6) is 5.75 Å². The van der Waals surface area contributed by atoms with E-state index >= 15 is 0 Å². The molecule has 1 unspecified atom stereocenters. The molecular formula is C11H14N4O2. The summed E-state index contributed by atoms with van der Waals surface area (Å²) in [7, 11) is 3.27. The third kappa shape index (κ3) is 2.12. The first-order valence-electron chi connectivity index (χ1n) is 5.16. The van der Waals surface area contributed by atoms with Gasteiger partial charge in [0.2, 0.25) is 0 Å². The van der Waals surface area contributed by atoms with Gasteiger partial charge in [-0.3, -0.25) is 14.6 Å². The Kier molecular flexibility index (Phi) is 3.06. The van der Waals surface area contributed by atoms with Crippen LogP contribution in [-0.4, -0.2) is 32.0 Å². The van der Waals surface area contributed by atoms with Crippen molar-refractivity contribution in [1.29, 1.82) is 0 Å². The molecule has 6 nitrogen and oxygen atoms in total. The standard InChI is InChI=1S/C11H14N4O2/c1-7-4-13-8(5-12-7)11(16)10-9(17-3)6-14-15(10)2/h4-6,11,16H,1-3H3. The van der Waals surface area contributed by atoms with Crippen LogP contribution < -0.4 is 4.74 Å². The fourth-order valence-electron chi connectivity index (χ4n) is 1.58. The number of aryl methyl sites for hydroxylation is 2. The molecule has 0 saturated heterocycles. The largest absolute Gasteiger partial charge is 0.493 e. The van der Waals surface area contributed by atoms with Gasteiger partial charge in [-0.1, -0.05) is 0 Å². The highest BCUT2D eigenvalue weighted by molar-refractivity contribution is 5.31. The Labute approximate surface area is 98.9 Å². The van der Waals surface area contributed by atoms with Gasteiger partial charge in [0.25, 0.3) is 0 Å². The second-order valence-electron chi connectivity index (χ2n) is 3.71. The first-order valence-corrected chi connectivity index (χ1v) is 5.16. The molecule has 0 fully saturated rings. The normalized spacial score (nSPS) is 12.5. The van der Waals surface area contributed by atoms with Gasteiger partial charge >= 0.3 is 0 Å². The van der Waals surface area contributed by atoms with Crippen molar-refractivity contribution in [3.05, 3.63) is 35.7 Å². The number of aliphatic hydroxyl groups excluding tert-OH is 1. The zero-order chi connectivity index (χ0) is 12.4. The Hall–Kier alpha value is -1.95. The minimum absolute atomic E-state index is 0.470. The molecule has 0 aliphatic rings. The second-order valence-corrected chi connectivity index (χ2v) is 3.71. The van der Waals surface area contributed by atoms with E-state index in [1.54, 1.807) is 30.3 Å². The van der Waals surface area contributed by atoms with E-state index in [9.17, 15) is 5.11 Å². The zero-order valence-corrected chi connectivity index (χ0v) is 9.95. The summed E-state index contributed by atoms with van der Waals surface area (Å²) in [6.07, 6.45) is 3.82. The number of nitrogens with zero attached hydrogens (tertiary/aromatic N) is 4. The lowest BCUT2D eigenvalue weighted by molar-refractivity contribution is 0.199. The van der Waals surface area contributed by atoms with Gasteiger partial charge in [-0.25, -0.2) is 0 Å². The summed E-state index contributed by atoms with van der Waals surface area (Å²) in [5.74, 6) is 0.530. The lowest BCUT2D eigenvalue weighted by Gasteiger charge is -2.12. The molecule has 1 N–H and O–H groups in total. The van der Waals surface area contributed by atoms with Gasteiger partial charge in [-0.15, -0.1) is 0 Å². The van der Waals surface area contributed by atoms with Crippen molar-refractivity contribution in [2.24, 2.45) is 7.05 Å². The Bertz CT molecular complexity index is 507. The van der Waals surface area contributed by atoms with Crippen LogP contribution >= 0.6 is 0 Å². The summed E-state index contributed by atoms with van der Waals surface area (Å²) >= 11 is 0. The SMILES string of the molecule is COc1cnn(C)c1C(O)c1cnc(C)cn1. The van der Waals surface area contributed by atoms with Crippen molar-refractivity contribution < 1.29 is 9.84 Å². The zero-order valence-electron chi connectivity index (χ0n) is 9.95. The molecule has 2 heterocycles. The summed E-state index contributed by atoms with van der Waals surface area (Å²) in [4.78, 5) is 8.24. The Morgan fingerprint density at radius 2 is 2.06 bits per heavy atom. The number of aliphatic hydroxyl groups is 1. The van der Waals surface area contributed by atoms with Crippen LogP contribution in [0, 0.1) is 6.92 Å². The lowest BCUT2D eigenvalue weighted by atomic mass is 10.2. The van der Waals surface area contributed by atoms with E-state index < -0.39 is 6.10 Å². The van der Waals surface area contributed by atoms with Crippen molar-refractivity contribution in [2.45, 2.75) is 13.0 Å². The summed E-state index contributed by atoms with van der Waals surface area (Å²) in [5.41, 5.74) is 1.83. The molecule has 0 radical (unpaired) electrons. The maximum atomic E-state index is 10.2. The van der Waals surface area contributed by atoms with Gasteiger partial charge in [-0.05, 0) is 6.92 Å². The minimum Gasteiger partial charge on any atom is -0.493 e. The summed E-state index contributed by atoms with van der Waals surface area (Å²) < 4.78 is 6.70. The molecule has 2 aromatic rings. The highest BCUT2D eigenvalue weighted by Gasteiger charge is 2.21. The summed E-state index contributed by atoms with van der Waals surface area (Å²) in [5, 5.41) is 14.3. The molecule has 0 bridgehead atoms. The number of hydrogen-bond acceptors (Lipinski definition) is 5. The first kappa shape index (κ1) is 11.5. The highest BCUT2D eigenvalue weighted by Crippen LogP contribution is 2.27. The predicted molar refractivity (Wildman–Crippen MR) is 60.6 cm³/mol. The maximum Gasteiger partial charge on any atom is 0.163 e. The number of aromatic nitrogens is 4. The van der Waals surface area contributed by atoms with Gasteiger partial charge in [0.05, 0.1) is 30.9 Å². The van der Waals surface area contributed by atoms with Gasteiger partial charge < -0.3 is 9.84 Å². The maximum absolute atomic E-state index is 10.2. The first-order chi connectivity index (χ1) is 8.13. The van der Waals surface area contributed by atoms with Crippen molar-refractivity contribution in [3.8, 4) is 5.75 Å². The fraction of sp³-hybridized carbons (Fsp3) is 0.364. The van der Waals surface area contributed by atoms with Crippen molar-refractivity contribution in [3.63, 3.8) is 0 Å². The number of rotatable bonds is 3. The number of methoxy groups -OCH3 is 1. The van der Waals surface area contributed by atoms with Crippen LogP contribution in [0.15, 0.2) is 18.6 Å². The molecule has 90 valence electrons. The third-order valence-electron chi connectivity index (χ3n) is 2.51. The van der Waals surface area contributed by atoms with E-state index in [0.29, 0.717) is 17.1 Å². The fourth-order valence-corrected chi connectivity index (χ4v) is 1.58. The van der Waals surface area contributed by atoms with Crippen molar-refractivity contribution in [1.82, 2.24) is 19.7 Å². The predicted octanol–water partition coefficient (Wildman–Crippen LogP) is 0.609. The van der Waals surface area contributed by atoms with Crippen LogP contribution in [0.25, 0.3) is 0 Å². The summed E-state index contributed by atoms with van der Waals surface area (Å²) in [6.45, 7) is 1.84. The van der Waals surface area contributed by atoms with Crippen molar-refractivity contribution >= 4 is 0 Å². The van der Waals surface area contributed by atoms with E-state index in [-0.39, 0.29) is 0 Å².